The number of nitrogen functional groups attached to an aromatic ring is 1. The van der Waals surface area contributed by atoms with Crippen LogP contribution in [0.25, 0.3) is 0 Å². The van der Waals surface area contributed by atoms with Crippen LogP contribution < -0.4 is 11.1 Å². The molecule has 0 aliphatic rings. The fourth-order valence-corrected chi connectivity index (χ4v) is 1.55. The van der Waals surface area contributed by atoms with Crippen molar-refractivity contribution in [2.45, 2.75) is 6.61 Å². The number of ether oxygens (including phenoxy) is 1. The number of benzene rings is 1. The Morgan fingerprint density at radius 1 is 1.16 bits per heavy atom. The number of rotatable bonds is 4. The lowest BCUT2D eigenvalue weighted by molar-refractivity contribution is 0.178. The van der Waals surface area contributed by atoms with Crippen molar-refractivity contribution in [1.82, 2.24) is 9.97 Å². The molecule has 5 nitrogen and oxygen atoms in total. The maximum absolute atomic E-state index is 13.1. The molecule has 0 radical (unpaired) electrons. The molecule has 1 heterocycles. The van der Waals surface area contributed by atoms with E-state index in [-0.39, 0.29) is 18.1 Å². The van der Waals surface area contributed by atoms with E-state index in [1.165, 1.54) is 13.2 Å². The van der Waals surface area contributed by atoms with Crippen molar-refractivity contribution in [3.05, 3.63) is 41.7 Å². The molecule has 0 unspecified atom stereocenters. The monoisotopic (exact) mass is 266 g/mol. The molecule has 3 N–H and O–H groups in total. The summed E-state index contributed by atoms with van der Waals surface area (Å²) in [5, 5.41) is 2.76. The van der Waals surface area contributed by atoms with Crippen molar-refractivity contribution in [3.8, 4) is 0 Å². The second kappa shape index (κ2) is 5.57. The highest BCUT2D eigenvalue weighted by Gasteiger charge is 2.05. The molecule has 100 valence electrons. The topological polar surface area (TPSA) is 73.1 Å². The summed E-state index contributed by atoms with van der Waals surface area (Å²) in [6.07, 6.45) is 0. The summed E-state index contributed by atoms with van der Waals surface area (Å²) in [5.41, 5.74) is 5.84. The molecule has 0 spiro atoms. The molecule has 0 saturated heterocycles. The van der Waals surface area contributed by atoms with E-state index >= 15 is 0 Å². The lowest BCUT2D eigenvalue weighted by Crippen LogP contribution is -2.04. The average Bonchev–Trinajstić information content (AvgIpc) is 2.26. The minimum Gasteiger partial charge on any atom is -0.384 e. The Bertz CT molecular complexity index is 572. The fourth-order valence-electron chi connectivity index (χ4n) is 1.55. The van der Waals surface area contributed by atoms with Crippen LogP contribution in [-0.4, -0.2) is 17.1 Å². The normalized spacial score (nSPS) is 10.5. The number of nitrogens with zero attached hydrogens (tertiary/aromatic N) is 2. The van der Waals surface area contributed by atoms with Gasteiger partial charge >= 0.3 is 0 Å². The molecule has 1 aromatic carbocycles. The Labute approximate surface area is 108 Å². The highest BCUT2D eigenvalue weighted by Crippen LogP contribution is 2.19. The van der Waals surface area contributed by atoms with Crippen molar-refractivity contribution in [3.63, 3.8) is 0 Å². The number of hydrogen-bond acceptors (Lipinski definition) is 5. The van der Waals surface area contributed by atoms with E-state index in [4.69, 9.17) is 10.5 Å². The number of halogens is 2. The number of methoxy groups -OCH3 is 1. The van der Waals surface area contributed by atoms with Gasteiger partial charge in [0, 0.05) is 24.9 Å². The number of nitrogens with two attached hydrogens (primary N) is 1. The Morgan fingerprint density at radius 3 is 2.47 bits per heavy atom. The lowest BCUT2D eigenvalue weighted by atomic mass is 10.3. The fraction of sp³-hybridized carbons (Fsp3) is 0.167. The van der Waals surface area contributed by atoms with E-state index in [1.54, 1.807) is 0 Å². The quantitative estimate of drug-likeness (QED) is 0.887. The molecule has 2 rings (SSSR count). The average molecular weight is 266 g/mol. The highest BCUT2D eigenvalue weighted by molar-refractivity contribution is 5.58. The number of aromatic nitrogens is 2. The van der Waals surface area contributed by atoms with Crippen LogP contribution >= 0.6 is 0 Å². The molecule has 0 bridgehead atoms. The maximum Gasteiger partial charge on any atom is 0.158 e. The zero-order valence-electron chi connectivity index (χ0n) is 10.2. The van der Waals surface area contributed by atoms with Gasteiger partial charge in [-0.2, -0.15) is 0 Å². The van der Waals surface area contributed by atoms with Crippen LogP contribution in [0.1, 0.15) is 5.82 Å². The summed E-state index contributed by atoms with van der Waals surface area (Å²) in [5.74, 6) is -0.406. The third-order valence-corrected chi connectivity index (χ3v) is 2.20. The second-order valence-electron chi connectivity index (χ2n) is 3.81. The van der Waals surface area contributed by atoms with Crippen molar-refractivity contribution >= 4 is 17.3 Å². The summed E-state index contributed by atoms with van der Waals surface area (Å²) in [6.45, 7) is 0.192. The first-order valence-electron chi connectivity index (χ1n) is 5.42. The van der Waals surface area contributed by atoms with E-state index in [2.05, 4.69) is 15.3 Å². The van der Waals surface area contributed by atoms with E-state index in [9.17, 15) is 8.78 Å². The maximum atomic E-state index is 13.1. The molecule has 0 saturated carbocycles. The van der Waals surface area contributed by atoms with Crippen LogP contribution in [0.5, 0.6) is 0 Å². The van der Waals surface area contributed by atoms with E-state index in [0.29, 0.717) is 11.6 Å². The molecule has 19 heavy (non-hydrogen) atoms. The molecular weight excluding hydrogens is 254 g/mol. The number of hydrogen-bond donors (Lipinski definition) is 2. The van der Waals surface area contributed by atoms with Gasteiger partial charge in [-0.3, -0.25) is 0 Å². The van der Waals surface area contributed by atoms with E-state index in [0.717, 1.165) is 18.2 Å². The van der Waals surface area contributed by atoms with Gasteiger partial charge in [-0.25, -0.2) is 18.7 Å². The van der Waals surface area contributed by atoms with Crippen molar-refractivity contribution in [2.24, 2.45) is 0 Å². The minimum absolute atomic E-state index is 0.192. The summed E-state index contributed by atoms with van der Waals surface area (Å²) >= 11 is 0. The third kappa shape index (κ3) is 3.59. The van der Waals surface area contributed by atoms with Crippen LogP contribution in [0.15, 0.2) is 24.3 Å². The van der Waals surface area contributed by atoms with Crippen LogP contribution in [0, 0.1) is 11.6 Å². The van der Waals surface area contributed by atoms with Gasteiger partial charge in [-0.15, -0.1) is 0 Å². The molecule has 1 aromatic heterocycles. The summed E-state index contributed by atoms with van der Waals surface area (Å²) in [6, 6.07) is 4.55. The Kier molecular flexibility index (Phi) is 3.86. The largest absolute Gasteiger partial charge is 0.384 e. The van der Waals surface area contributed by atoms with E-state index < -0.39 is 11.6 Å². The molecule has 0 fully saturated rings. The van der Waals surface area contributed by atoms with Gasteiger partial charge in [0.15, 0.2) is 5.82 Å². The summed E-state index contributed by atoms with van der Waals surface area (Å²) in [4.78, 5) is 8.06. The van der Waals surface area contributed by atoms with Crippen LogP contribution in [-0.2, 0) is 11.3 Å². The number of nitrogens with one attached hydrogen (secondary N) is 1. The molecule has 0 aliphatic carbocycles. The SMILES string of the molecule is COCc1nc(N)cc(Nc2cc(F)cc(F)c2)n1. The van der Waals surface area contributed by atoms with Gasteiger partial charge in [-0.05, 0) is 12.1 Å². The number of anilines is 3. The molecule has 0 aliphatic heterocycles. The second-order valence-corrected chi connectivity index (χ2v) is 3.81. The first kappa shape index (κ1) is 13.2. The van der Waals surface area contributed by atoms with Crippen LogP contribution in [0.4, 0.5) is 26.1 Å². The first-order valence-corrected chi connectivity index (χ1v) is 5.42. The predicted octanol–water partition coefficient (Wildman–Crippen LogP) is 2.23. The van der Waals surface area contributed by atoms with Gasteiger partial charge in [0.05, 0.1) is 0 Å². The third-order valence-electron chi connectivity index (χ3n) is 2.20. The van der Waals surface area contributed by atoms with Crippen molar-refractivity contribution < 1.29 is 13.5 Å². The summed E-state index contributed by atoms with van der Waals surface area (Å²) < 4.78 is 31.0. The minimum atomic E-state index is -0.679. The van der Waals surface area contributed by atoms with Gasteiger partial charge in [0.2, 0.25) is 0 Å². The highest BCUT2D eigenvalue weighted by atomic mass is 19.1. The zero-order valence-corrected chi connectivity index (χ0v) is 10.2. The van der Waals surface area contributed by atoms with Gasteiger partial charge in [0.25, 0.3) is 0 Å². The van der Waals surface area contributed by atoms with Gasteiger partial charge in [0.1, 0.15) is 29.9 Å². The first-order chi connectivity index (χ1) is 9.06. The Hall–Kier alpha value is -2.28. The molecule has 7 heteroatoms. The van der Waals surface area contributed by atoms with E-state index in [1.807, 2.05) is 0 Å². The lowest BCUT2D eigenvalue weighted by Gasteiger charge is -2.08. The van der Waals surface area contributed by atoms with Crippen molar-refractivity contribution in [1.29, 1.82) is 0 Å². The van der Waals surface area contributed by atoms with Crippen molar-refractivity contribution in [2.75, 3.05) is 18.2 Å². The standard InChI is InChI=1S/C12H12F2N4O/c1-19-6-12-17-10(15)5-11(18-12)16-9-3-7(13)2-8(14)4-9/h2-5H,6H2,1H3,(H3,15,16,17,18). The zero-order chi connectivity index (χ0) is 13.8. The summed E-state index contributed by atoms with van der Waals surface area (Å²) in [7, 11) is 1.50. The Morgan fingerprint density at radius 2 is 1.84 bits per heavy atom. The van der Waals surface area contributed by atoms with Gasteiger partial charge < -0.3 is 15.8 Å². The smallest absolute Gasteiger partial charge is 0.158 e. The molecule has 0 atom stereocenters. The predicted molar refractivity (Wildman–Crippen MR) is 66.8 cm³/mol. The molecular formula is C12H12F2N4O. The van der Waals surface area contributed by atoms with Crippen LogP contribution in [0.3, 0.4) is 0 Å². The van der Waals surface area contributed by atoms with Gasteiger partial charge in [-0.1, -0.05) is 0 Å². The Balaban J connectivity index is 2.27. The molecule has 2 aromatic rings. The molecule has 0 amide bonds. The van der Waals surface area contributed by atoms with Crippen LogP contribution in [0.2, 0.25) is 0 Å².